The maximum absolute atomic E-state index is 10.8. The Bertz CT molecular complexity index is 450. The van der Waals surface area contributed by atoms with Crippen LogP contribution in [0.4, 0.5) is 0 Å². The summed E-state index contributed by atoms with van der Waals surface area (Å²) in [6.45, 7) is 1.86. The maximum atomic E-state index is 10.8. The van der Waals surface area contributed by atoms with Gasteiger partial charge in [0, 0.05) is 5.56 Å². The highest BCUT2D eigenvalue weighted by molar-refractivity contribution is 5.90. The first-order chi connectivity index (χ1) is 7.15. The topological polar surface area (TPSA) is 54.4 Å². The SMILES string of the molecule is Cc1ccc(C(=O)O)c(C#CCC=O)c1. The molecule has 0 heterocycles. The average Bonchev–Trinajstić information content (AvgIpc) is 2.18. The molecule has 0 aliphatic rings. The van der Waals surface area contributed by atoms with Gasteiger partial charge < -0.3 is 9.90 Å². The first-order valence-corrected chi connectivity index (χ1v) is 4.41. The Balaban J connectivity index is 3.14. The van der Waals surface area contributed by atoms with E-state index in [0.717, 1.165) is 5.56 Å². The summed E-state index contributed by atoms with van der Waals surface area (Å²) in [6, 6.07) is 4.93. The van der Waals surface area contributed by atoms with Gasteiger partial charge in [-0.15, -0.1) is 0 Å². The molecule has 1 aromatic rings. The molecule has 0 aliphatic carbocycles. The lowest BCUT2D eigenvalue weighted by atomic mass is 10.0. The van der Waals surface area contributed by atoms with E-state index in [1.54, 1.807) is 12.1 Å². The van der Waals surface area contributed by atoms with Crippen molar-refractivity contribution < 1.29 is 14.7 Å². The molecule has 3 heteroatoms. The van der Waals surface area contributed by atoms with E-state index in [1.165, 1.54) is 6.07 Å². The molecule has 0 bridgehead atoms. The van der Waals surface area contributed by atoms with Gasteiger partial charge in [0.1, 0.15) is 6.29 Å². The third kappa shape index (κ3) is 2.96. The molecular weight excluding hydrogens is 192 g/mol. The molecule has 76 valence electrons. The number of hydrogen-bond donors (Lipinski definition) is 1. The minimum atomic E-state index is -1.01. The zero-order chi connectivity index (χ0) is 11.3. The number of carboxylic acids is 1. The van der Waals surface area contributed by atoms with Gasteiger partial charge in [0.05, 0.1) is 12.0 Å². The number of carboxylic acid groups (broad SMARTS) is 1. The third-order valence-corrected chi connectivity index (χ3v) is 1.81. The minimum absolute atomic E-state index is 0.118. The summed E-state index contributed by atoms with van der Waals surface area (Å²) >= 11 is 0. The summed E-state index contributed by atoms with van der Waals surface area (Å²) < 4.78 is 0. The predicted octanol–water partition coefficient (Wildman–Crippen LogP) is 1.63. The second-order valence-electron chi connectivity index (χ2n) is 3.03. The monoisotopic (exact) mass is 202 g/mol. The van der Waals surface area contributed by atoms with Crippen molar-refractivity contribution in [3.05, 3.63) is 34.9 Å². The summed E-state index contributed by atoms with van der Waals surface area (Å²) in [5.74, 6) is 4.26. The first-order valence-electron chi connectivity index (χ1n) is 4.41. The standard InChI is InChI=1S/C12H10O3/c1-9-5-6-11(12(14)15)10(8-9)4-2-3-7-13/h5-8H,3H2,1H3,(H,14,15). The maximum Gasteiger partial charge on any atom is 0.336 e. The molecule has 0 unspecified atom stereocenters. The molecule has 0 aliphatic heterocycles. The second kappa shape index (κ2) is 4.97. The Kier molecular flexibility index (Phi) is 3.64. The lowest BCUT2D eigenvalue weighted by molar-refractivity contribution is -0.107. The van der Waals surface area contributed by atoms with Gasteiger partial charge in [-0.2, -0.15) is 0 Å². The van der Waals surface area contributed by atoms with Crippen LogP contribution in [0, 0.1) is 18.8 Å². The molecule has 0 fully saturated rings. The van der Waals surface area contributed by atoms with Crippen molar-refractivity contribution in [1.82, 2.24) is 0 Å². The van der Waals surface area contributed by atoms with Gasteiger partial charge in [0.25, 0.3) is 0 Å². The Morgan fingerprint density at radius 3 is 2.87 bits per heavy atom. The molecular formula is C12H10O3. The van der Waals surface area contributed by atoms with Crippen molar-refractivity contribution >= 4 is 12.3 Å². The van der Waals surface area contributed by atoms with E-state index >= 15 is 0 Å². The van der Waals surface area contributed by atoms with Crippen molar-refractivity contribution in [1.29, 1.82) is 0 Å². The highest BCUT2D eigenvalue weighted by Crippen LogP contribution is 2.10. The molecule has 3 nitrogen and oxygen atoms in total. The van der Waals surface area contributed by atoms with Crippen molar-refractivity contribution in [2.45, 2.75) is 13.3 Å². The number of aldehydes is 1. The summed E-state index contributed by atoms with van der Waals surface area (Å²) in [5, 5.41) is 8.88. The van der Waals surface area contributed by atoms with Crippen LogP contribution >= 0.6 is 0 Å². The van der Waals surface area contributed by atoms with Crippen molar-refractivity contribution in [2.24, 2.45) is 0 Å². The molecule has 0 radical (unpaired) electrons. The fourth-order valence-corrected chi connectivity index (χ4v) is 1.14. The van der Waals surface area contributed by atoms with E-state index < -0.39 is 5.97 Å². The predicted molar refractivity (Wildman–Crippen MR) is 55.7 cm³/mol. The lowest BCUT2D eigenvalue weighted by Crippen LogP contribution is -2.00. The van der Waals surface area contributed by atoms with Crippen LogP contribution < -0.4 is 0 Å². The Labute approximate surface area is 87.7 Å². The number of hydrogen-bond acceptors (Lipinski definition) is 2. The van der Waals surface area contributed by atoms with Gasteiger partial charge in [-0.1, -0.05) is 17.9 Å². The van der Waals surface area contributed by atoms with E-state index in [-0.39, 0.29) is 12.0 Å². The van der Waals surface area contributed by atoms with Crippen molar-refractivity contribution in [3.63, 3.8) is 0 Å². The van der Waals surface area contributed by atoms with Gasteiger partial charge in [-0.3, -0.25) is 0 Å². The van der Waals surface area contributed by atoms with Gasteiger partial charge in [-0.05, 0) is 24.6 Å². The molecule has 0 aromatic heterocycles. The average molecular weight is 202 g/mol. The number of aromatic carboxylic acids is 1. The molecule has 1 rings (SSSR count). The van der Waals surface area contributed by atoms with E-state index in [4.69, 9.17) is 5.11 Å². The van der Waals surface area contributed by atoms with Crippen LogP contribution in [-0.4, -0.2) is 17.4 Å². The van der Waals surface area contributed by atoms with Gasteiger partial charge in [0.15, 0.2) is 0 Å². The van der Waals surface area contributed by atoms with Crippen LogP contribution in [0.3, 0.4) is 0 Å². The van der Waals surface area contributed by atoms with Crippen LogP contribution in [0.5, 0.6) is 0 Å². The highest BCUT2D eigenvalue weighted by Gasteiger charge is 2.07. The fraction of sp³-hybridized carbons (Fsp3) is 0.167. The molecule has 15 heavy (non-hydrogen) atoms. The fourth-order valence-electron chi connectivity index (χ4n) is 1.14. The molecule has 0 atom stereocenters. The van der Waals surface area contributed by atoms with E-state index in [1.807, 2.05) is 6.92 Å². The molecule has 0 saturated heterocycles. The van der Waals surface area contributed by atoms with E-state index in [0.29, 0.717) is 11.8 Å². The summed E-state index contributed by atoms with van der Waals surface area (Å²) in [7, 11) is 0. The van der Waals surface area contributed by atoms with Crippen LogP contribution in [0.1, 0.15) is 27.9 Å². The van der Waals surface area contributed by atoms with Gasteiger partial charge >= 0.3 is 5.97 Å². The Morgan fingerprint density at radius 2 is 2.27 bits per heavy atom. The Hall–Kier alpha value is -2.08. The van der Waals surface area contributed by atoms with Crippen molar-refractivity contribution in [2.75, 3.05) is 0 Å². The van der Waals surface area contributed by atoms with Crippen LogP contribution in [0.15, 0.2) is 18.2 Å². The molecule has 1 aromatic carbocycles. The van der Waals surface area contributed by atoms with Gasteiger partial charge in [-0.25, -0.2) is 4.79 Å². The first kappa shape index (κ1) is 11.0. The van der Waals surface area contributed by atoms with Gasteiger partial charge in [0.2, 0.25) is 0 Å². The number of carbonyl (C=O) groups is 2. The lowest BCUT2D eigenvalue weighted by Gasteiger charge is -1.99. The number of rotatable bonds is 2. The van der Waals surface area contributed by atoms with Crippen LogP contribution in [0.25, 0.3) is 0 Å². The minimum Gasteiger partial charge on any atom is -0.478 e. The Morgan fingerprint density at radius 1 is 1.53 bits per heavy atom. The van der Waals surface area contributed by atoms with Crippen LogP contribution in [-0.2, 0) is 4.79 Å². The molecule has 1 N–H and O–H groups in total. The van der Waals surface area contributed by atoms with Crippen molar-refractivity contribution in [3.8, 4) is 11.8 Å². The van der Waals surface area contributed by atoms with E-state index in [2.05, 4.69) is 11.8 Å². The second-order valence-corrected chi connectivity index (χ2v) is 3.03. The molecule has 0 spiro atoms. The quantitative estimate of drug-likeness (QED) is 0.585. The zero-order valence-corrected chi connectivity index (χ0v) is 8.28. The number of benzene rings is 1. The summed E-state index contributed by atoms with van der Waals surface area (Å²) in [4.78, 5) is 20.9. The molecule has 0 saturated carbocycles. The number of aryl methyl sites for hydroxylation is 1. The smallest absolute Gasteiger partial charge is 0.336 e. The summed E-state index contributed by atoms with van der Waals surface area (Å²) in [5.41, 5.74) is 1.55. The largest absolute Gasteiger partial charge is 0.478 e. The van der Waals surface area contributed by atoms with Crippen LogP contribution in [0.2, 0.25) is 0 Å². The zero-order valence-electron chi connectivity index (χ0n) is 8.28. The third-order valence-electron chi connectivity index (χ3n) is 1.81. The number of carbonyl (C=O) groups excluding carboxylic acids is 1. The normalized spacial score (nSPS) is 8.87. The highest BCUT2D eigenvalue weighted by atomic mass is 16.4. The molecule has 0 amide bonds. The van der Waals surface area contributed by atoms with E-state index in [9.17, 15) is 9.59 Å². The summed E-state index contributed by atoms with van der Waals surface area (Å²) in [6.07, 6.45) is 0.802.